The molecule has 0 unspecified atom stereocenters. The Morgan fingerprint density at radius 2 is 2.05 bits per heavy atom. The molecule has 3 rings (SSSR count). The van der Waals surface area contributed by atoms with Crippen LogP contribution in [-0.4, -0.2) is 16.9 Å². The van der Waals surface area contributed by atoms with Crippen LogP contribution in [0.3, 0.4) is 0 Å². The third-order valence-corrected chi connectivity index (χ3v) is 4.03. The Balaban J connectivity index is 1.67. The van der Waals surface area contributed by atoms with Gasteiger partial charge in [-0.05, 0) is 30.2 Å². The fraction of sp³-hybridized carbons (Fsp3) is 0.125. The fourth-order valence-corrected chi connectivity index (χ4v) is 2.84. The molecule has 0 saturated heterocycles. The number of aromatic nitrogens is 1. The first-order chi connectivity index (χ1) is 10.2. The van der Waals surface area contributed by atoms with E-state index in [4.69, 9.17) is 5.73 Å². The number of nitrogens with zero attached hydrogens (tertiary/aromatic N) is 1. The van der Waals surface area contributed by atoms with Crippen LogP contribution in [0, 0.1) is 0 Å². The second-order valence-corrected chi connectivity index (χ2v) is 5.71. The van der Waals surface area contributed by atoms with Crippen molar-refractivity contribution in [2.45, 2.75) is 12.5 Å². The standard InChI is InChI=1S/C16H15N3OS/c17-13(8-11-4-2-1-3-5-11)16(20)19-12-6-7-14-15(9-12)21-10-18-14/h1-7,9-10,13H,8,17H2,(H,19,20)/t13-/m1/s1. The van der Waals surface area contributed by atoms with Crippen LogP contribution in [0.2, 0.25) is 0 Å². The largest absolute Gasteiger partial charge is 0.325 e. The number of hydrogen-bond donors (Lipinski definition) is 2. The zero-order valence-corrected chi connectivity index (χ0v) is 12.1. The van der Waals surface area contributed by atoms with Crippen LogP contribution < -0.4 is 11.1 Å². The number of carbonyl (C=O) groups excluding carboxylic acids is 1. The SMILES string of the molecule is N[C@H](Cc1ccccc1)C(=O)Nc1ccc2ncsc2c1. The number of nitrogens with one attached hydrogen (secondary N) is 1. The molecule has 21 heavy (non-hydrogen) atoms. The number of amides is 1. The minimum absolute atomic E-state index is 0.178. The quantitative estimate of drug-likeness (QED) is 0.778. The summed E-state index contributed by atoms with van der Waals surface area (Å²) in [6.07, 6.45) is 0.523. The molecule has 0 aliphatic rings. The van der Waals surface area contributed by atoms with Crippen molar-refractivity contribution < 1.29 is 4.79 Å². The lowest BCUT2D eigenvalue weighted by atomic mass is 10.1. The first-order valence-corrected chi connectivity index (χ1v) is 7.54. The normalized spacial score (nSPS) is 12.2. The Kier molecular flexibility index (Phi) is 3.94. The summed E-state index contributed by atoms with van der Waals surface area (Å²) in [6, 6.07) is 14.9. The molecular weight excluding hydrogens is 282 g/mol. The summed E-state index contributed by atoms with van der Waals surface area (Å²) in [6.45, 7) is 0. The van der Waals surface area contributed by atoms with E-state index < -0.39 is 6.04 Å². The highest BCUT2D eigenvalue weighted by molar-refractivity contribution is 7.16. The number of carbonyl (C=O) groups is 1. The Labute approximate surface area is 126 Å². The van der Waals surface area contributed by atoms with Crippen LogP contribution in [-0.2, 0) is 11.2 Å². The third kappa shape index (κ3) is 3.26. The van der Waals surface area contributed by atoms with E-state index in [2.05, 4.69) is 10.3 Å². The molecule has 1 aromatic heterocycles. The summed E-state index contributed by atoms with van der Waals surface area (Å²) in [5, 5.41) is 2.86. The molecule has 106 valence electrons. The molecule has 2 aromatic carbocycles. The van der Waals surface area contributed by atoms with Crippen molar-refractivity contribution in [3.05, 3.63) is 59.6 Å². The van der Waals surface area contributed by atoms with E-state index in [0.29, 0.717) is 6.42 Å². The van der Waals surface area contributed by atoms with Crippen molar-refractivity contribution in [2.75, 3.05) is 5.32 Å². The van der Waals surface area contributed by atoms with Gasteiger partial charge in [-0.2, -0.15) is 0 Å². The molecule has 0 aliphatic heterocycles. The summed E-state index contributed by atoms with van der Waals surface area (Å²) in [7, 11) is 0. The molecule has 4 nitrogen and oxygen atoms in total. The summed E-state index contributed by atoms with van der Waals surface area (Å²) in [5.41, 5.74) is 10.5. The van der Waals surface area contributed by atoms with Crippen LogP contribution in [0.4, 0.5) is 5.69 Å². The minimum Gasteiger partial charge on any atom is -0.325 e. The van der Waals surface area contributed by atoms with E-state index in [1.165, 1.54) is 0 Å². The Morgan fingerprint density at radius 3 is 2.86 bits per heavy atom. The van der Waals surface area contributed by atoms with Gasteiger partial charge in [-0.25, -0.2) is 4.98 Å². The van der Waals surface area contributed by atoms with Gasteiger partial charge in [0.15, 0.2) is 0 Å². The number of hydrogen-bond acceptors (Lipinski definition) is 4. The molecule has 0 saturated carbocycles. The van der Waals surface area contributed by atoms with Gasteiger partial charge >= 0.3 is 0 Å². The summed E-state index contributed by atoms with van der Waals surface area (Å²) in [5.74, 6) is -0.178. The lowest BCUT2D eigenvalue weighted by Gasteiger charge is -2.12. The lowest BCUT2D eigenvalue weighted by Crippen LogP contribution is -2.37. The number of rotatable bonds is 4. The van der Waals surface area contributed by atoms with Gasteiger partial charge < -0.3 is 11.1 Å². The molecule has 0 radical (unpaired) electrons. The Morgan fingerprint density at radius 1 is 1.24 bits per heavy atom. The van der Waals surface area contributed by atoms with E-state index >= 15 is 0 Å². The third-order valence-electron chi connectivity index (χ3n) is 3.23. The zero-order chi connectivity index (χ0) is 14.7. The predicted molar refractivity (Wildman–Crippen MR) is 86.4 cm³/mol. The highest BCUT2D eigenvalue weighted by Gasteiger charge is 2.14. The van der Waals surface area contributed by atoms with Crippen molar-refractivity contribution in [1.29, 1.82) is 0 Å². The lowest BCUT2D eigenvalue weighted by molar-refractivity contribution is -0.117. The molecule has 0 fully saturated rings. The highest BCUT2D eigenvalue weighted by Crippen LogP contribution is 2.21. The summed E-state index contributed by atoms with van der Waals surface area (Å²) < 4.78 is 1.05. The molecule has 1 heterocycles. The number of anilines is 1. The molecule has 5 heteroatoms. The van der Waals surface area contributed by atoms with E-state index in [-0.39, 0.29) is 5.91 Å². The van der Waals surface area contributed by atoms with Gasteiger partial charge in [0.05, 0.1) is 21.8 Å². The predicted octanol–water partition coefficient (Wildman–Crippen LogP) is 2.80. The van der Waals surface area contributed by atoms with E-state index in [9.17, 15) is 4.79 Å². The topological polar surface area (TPSA) is 68.0 Å². The van der Waals surface area contributed by atoms with Gasteiger partial charge in [0, 0.05) is 5.69 Å². The van der Waals surface area contributed by atoms with Gasteiger partial charge in [-0.3, -0.25) is 4.79 Å². The zero-order valence-electron chi connectivity index (χ0n) is 11.3. The second-order valence-electron chi connectivity index (χ2n) is 4.82. The van der Waals surface area contributed by atoms with E-state index in [0.717, 1.165) is 21.5 Å². The molecule has 0 bridgehead atoms. The molecule has 1 amide bonds. The first kappa shape index (κ1) is 13.7. The fourth-order valence-electron chi connectivity index (χ4n) is 2.13. The maximum atomic E-state index is 12.1. The van der Waals surface area contributed by atoms with Crippen LogP contribution in [0.25, 0.3) is 10.2 Å². The smallest absolute Gasteiger partial charge is 0.241 e. The van der Waals surface area contributed by atoms with Gasteiger partial charge in [-0.1, -0.05) is 30.3 Å². The number of fused-ring (bicyclic) bond motifs is 1. The number of benzene rings is 2. The van der Waals surface area contributed by atoms with Crippen molar-refractivity contribution in [2.24, 2.45) is 5.73 Å². The minimum atomic E-state index is -0.565. The summed E-state index contributed by atoms with van der Waals surface area (Å²) in [4.78, 5) is 16.4. The van der Waals surface area contributed by atoms with E-state index in [1.807, 2.05) is 48.5 Å². The molecular formula is C16H15N3OS. The van der Waals surface area contributed by atoms with E-state index in [1.54, 1.807) is 16.8 Å². The van der Waals surface area contributed by atoms with Crippen LogP contribution >= 0.6 is 11.3 Å². The van der Waals surface area contributed by atoms with Gasteiger partial charge in [0.25, 0.3) is 0 Å². The molecule has 3 N–H and O–H groups in total. The van der Waals surface area contributed by atoms with Crippen molar-refractivity contribution >= 4 is 33.1 Å². The monoisotopic (exact) mass is 297 g/mol. The van der Waals surface area contributed by atoms with Gasteiger partial charge in [0.2, 0.25) is 5.91 Å². The number of thiazole rings is 1. The molecule has 3 aromatic rings. The maximum absolute atomic E-state index is 12.1. The van der Waals surface area contributed by atoms with Crippen LogP contribution in [0.1, 0.15) is 5.56 Å². The first-order valence-electron chi connectivity index (χ1n) is 6.66. The highest BCUT2D eigenvalue weighted by atomic mass is 32.1. The molecule has 1 atom stereocenters. The van der Waals surface area contributed by atoms with Crippen molar-refractivity contribution in [3.8, 4) is 0 Å². The molecule has 0 spiro atoms. The Bertz CT molecular complexity index is 754. The number of nitrogens with two attached hydrogens (primary N) is 1. The van der Waals surface area contributed by atoms with Crippen LogP contribution in [0.15, 0.2) is 54.0 Å². The second kappa shape index (κ2) is 6.03. The molecule has 0 aliphatic carbocycles. The average molecular weight is 297 g/mol. The van der Waals surface area contributed by atoms with Crippen LogP contribution in [0.5, 0.6) is 0 Å². The van der Waals surface area contributed by atoms with Gasteiger partial charge in [0.1, 0.15) is 0 Å². The Hall–Kier alpha value is -2.24. The van der Waals surface area contributed by atoms with Crippen molar-refractivity contribution in [3.63, 3.8) is 0 Å². The maximum Gasteiger partial charge on any atom is 0.241 e. The van der Waals surface area contributed by atoms with Crippen molar-refractivity contribution in [1.82, 2.24) is 4.98 Å². The average Bonchev–Trinajstić information content (AvgIpc) is 2.95. The summed E-state index contributed by atoms with van der Waals surface area (Å²) >= 11 is 1.55. The van der Waals surface area contributed by atoms with Gasteiger partial charge in [-0.15, -0.1) is 11.3 Å².